The molecule has 3 aromatic carbocycles. The van der Waals surface area contributed by atoms with E-state index in [2.05, 4.69) is 92.7 Å². The molecule has 0 N–H and O–H groups in total. The van der Waals surface area contributed by atoms with Gasteiger partial charge in [-0.05, 0) is 0 Å². The third-order valence-electron chi connectivity index (χ3n) is 8.88. The van der Waals surface area contributed by atoms with E-state index in [1.807, 2.05) is 13.8 Å². The topological polar surface area (TPSA) is 46.2 Å². The molecule has 1 spiro atoms. The van der Waals surface area contributed by atoms with Crippen LogP contribution in [0, 0.1) is 5.92 Å². The first-order valence-electron chi connectivity index (χ1n) is 13.3. The van der Waals surface area contributed by atoms with Crippen molar-refractivity contribution < 1.29 is 23.5 Å². The first-order valence-corrected chi connectivity index (χ1v) is 15.5. The van der Waals surface area contributed by atoms with Crippen molar-refractivity contribution in [1.82, 2.24) is 0 Å². The molecule has 3 saturated heterocycles. The zero-order chi connectivity index (χ0) is 25.6. The van der Waals surface area contributed by atoms with Gasteiger partial charge in [0.15, 0.2) is 0 Å². The molecule has 0 aromatic heterocycles. The van der Waals surface area contributed by atoms with Crippen LogP contribution in [-0.4, -0.2) is 49.3 Å². The first-order chi connectivity index (χ1) is 17.8. The zero-order valence-electron chi connectivity index (χ0n) is 22.0. The van der Waals surface area contributed by atoms with Gasteiger partial charge in [-0.1, -0.05) is 0 Å². The Labute approximate surface area is 219 Å². The van der Waals surface area contributed by atoms with E-state index in [0.29, 0.717) is 5.92 Å². The second-order valence-corrected chi connectivity index (χ2v) is 16.0. The minimum atomic E-state index is -3.32. The van der Waals surface area contributed by atoms with E-state index in [-0.39, 0.29) is 30.1 Å². The van der Waals surface area contributed by atoms with E-state index < -0.39 is 18.9 Å². The standard InChI is InChI=1S/C31H35O5P/c1-19(2)29-27(26-25(32-5)28-30(33-26)35-31(3,4)34-28)36-37(29,20-13-7-6-8-14-20)23-17-11-9-15-21(23)22-16-10-12-18-24(22)37/h6-19,25-30H,1-5H3/t25-,26-,27?,28+,29?,30+/m0/s1. The molecule has 194 valence electrons. The van der Waals surface area contributed by atoms with Crippen LogP contribution in [0.25, 0.3) is 11.1 Å². The van der Waals surface area contributed by atoms with E-state index in [9.17, 15) is 0 Å². The van der Waals surface area contributed by atoms with E-state index >= 15 is 0 Å². The average Bonchev–Trinajstić information content (AvgIpc) is 3.46. The fourth-order valence-electron chi connectivity index (χ4n) is 7.82. The van der Waals surface area contributed by atoms with E-state index in [1.165, 1.54) is 27.0 Å². The molecule has 4 aliphatic rings. The summed E-state index contributed by atoms with van der Waals surface area (Å²) in [6, 6.07) is 28.6. The number of methoxy groups -OCH3 is 1. The van der Waals surface area contributed by atoms with Gasteiger partial charge >= 0.3 is 219 Å². The van der Waals surface area contributed by atoms with Crippen molar-refractivity contribution >= 4 is 22.7 Å². The molecule has 6 heteroatoms. The maximum absolute atomic E-state index is 7.64. The summed E-state index contributed by atoms with van der Waals surface area (Å²) in [5.74, 6) is -0.366. The minimum absolute atomic E-state index is 0.164. The van der Waals surface area contributed by atoms with Crippen LogP contribution in [-0.2, 0) is 23.5 Å². The SMILES string of the molecule is CO[C@@H]1[C@H]2OC(C)(C)O[C@H]2O[C@@H]1C1OP2(c3ccccc3)(c3ccccc3-c3ccccc32)C1C(C)C. The molecule has 5 nitrogen and oxygen atoms in total. The number of fused-ring (bicyclic) bond motifs is 6. The Morgan fingerprint density at radius 2 is 1.35 bits per heavy atom. The number of hydrogen-bond donors (Lipinski definition) is 0. The van der Waals surface area contributed by atoms with Crippen LogP contribution >= 0.6 is 6.83 Å². The predicted octanol–water partition coefficient (Wildman–Crippen LogP) is 4.73. The summed E-state index contributed by atoms with van der Waals surface area (Å²) in [5, 5.41) is 3.94. The van der Waals surface area contributed by atoms with E-state index in [0.717, 1.165) is 0 Å². The van der Waals surface area contributed by atoms with Gasteiger partial charge in [0.25, 0.3) is 0 Å². The van der Waals surface area contributed by atoms with Crippen LogP contribution in [0.3, 0.4) is 0 Å². The van der Waals surface area contributed by atoms with Crippen LogP contribution < -0.4 is 15.9 Å². The molecule has 0 radical (unpaired) electrons. The summed E-state index contributed by atoms with van der Waals surface area (Å²) in [6.07, 6.45) is -1.48. The van der Waals surface area contributed by atoms with Gasteiger partial charge in [0.05, 0.1) is 0 Å². The van der Waals surface area contributed by atoms with Gasteiger partial charge in [0, 0.05) is 0 Å². The Balaban J connectivity index is 1.44. The number of hydrogen-bond acceptors (Lipinski definition) is 5. The molecule has 2 unspecified atom stereocenters. The third kappa shape index (κ3) is 2.85. The Morgan fingerprint density at radius 3 is 1.95 bits per heavy atom. The molecule has 7 rings (SSSR count). The zero-order valence-corrected chi connectivity index (χ0v) is 22.9. The Kier molecular flexibility index (Phi) is 5.15. The van der Waals surface area contributed by atoms with Crippen LogP contribution in [0.4, 0.5) is 0 Å². The van der Waals surface area contributed by atoms with Gasteiger partial charge in [-0.2, -0.15) is 0 Å². The molecule has 0 saturated carbocycles. The van der Waals surface area contributed by atoms with Crippen molar-refractivity contribution in [2.45, 2.75) is 69.8 Å². The van der Waals surface area contributed by atoms with Crippen molar-refractivity contribution in [2.75, 3.05) is 7.11 Å². The Morgan fingerprint density at radius 1 is 0.757 bits per heavy atom. The monoisotopic (exact) mass is 518 g/mol. The average molecular weight is 519 g/mol. The molecule has 4 aliphatic heterocycles. The number of ether oxygens (including phenoxy) is 4. The second kappa shape index (κ2) is 7.95. The van der Waals surface area contributed by atoms with Crippen molar-refractivity contribution in [1.29, 1.82) is 0 Å². The quantitative estimate of drug-likeness (QED) is 0.468. The van der Waals surface area contributed by atoms with E-state index in [4.69, 9.17) is 23.5 Å². The summed E-state index contributed by atoms with van der Waals surface area (Å²) in [4.78, 5) is 0. The molecule has 0 bridgehead atoms. The molecular formula is C31H35O5P. The molecule has 4 heterocycles. The van der Waals surface area contributed by atoms with Gasteiger partial charge < -0.3 is 0 Å². The van der Waals surface area contributed by atoms with Gasteiger partial charge in [-0.15, -0.1) is 0 Å². The number of rotatable bonds is 4. The van der Waals surface area contributed by atoms with Crippen molar-refractivity contribution in [3.63, 3.8) is 0 Å². The fraction of sp³-hybridized carbons (Fsp3) is 0.419. The van der Waals surface area contributed by atoms with Crippen molar-refractivity contribution in [3.8, 4) is 11.1 Å². The van der Waals surface area contributed by atoms with Crippen molar-refractivity contribution in [3.05, 3.63) is 78.9 Å². The van der Waals surface area contributed by atoms with Gasteiger partial charge in [-0.25, -0.2) is 0 Å². The van der Waals surface area contributed by atoms with Gasteiger partial charge in [0.1, 0.15) is 0 Å². The Hall–Kier alpha value is -2.11. The van der Waals surface area contributed by atoms with Crippen LogP contribution in [0.15, 0.2) is 78.9 Å². The normalized spacial score (nSPS) is 34.8. The molecule has 0 aliphatic carbocycles. The van der Waals surface area contributed by atoms with Crippen LogP contribution in [0.2, 0.25) is 0 Å². The van der Waals surface area contributed by atoms with E-state index in [1.54, 1.807) is 7.11 Å². The predicted molar refractivity (Wildman–Crippen MR) is 147 cm³/mol. The first kappa shape index (κ1) is 24.0. The Bertz CT molecular complexity index is 1310. The van der Waals surface area contributed by atoms with Crippen LogP contribution in [0.1, 0.15) is 27.7 Å². The second-order valence-electron chi connectivity index (χ2n) is 11.5. The van der Waals surface area contributed by atoms with Crippen LogP contribution in [0.5, 0.6) is 0 Å². The molecule has 3 aromatic rings. The maximum atomic E-state index is 7.64. The third-order valence-corrected chi connectivity index (χ3v) is 15.6. The number of benzene rings is 3. The summed E-state index contributed by atoms with van der Waals surface area (Å²) in [6.45, 7) is 5.18. The summed E-state index contributed by atoms with van der Waals surface area (Å²) in [7, 11) is 1.74. The molecule has 3 fully saturated rings. The molecule has 6 atom stereocenters. The summed E-state index contributed by atoms with van der Waals surface area (Å²) < 4.78 is 32.6. The van der Waals surface area contributed by atoms with Gasteiger partial charge in [-0.3, -0.25) is 0 Å². The molecule has 37 heavy (non-hydrogen) atoms. The summed E-state index contributed by atoms with van der Waals surface area (Å²) >= 11 is 0. The molecular weight excluding hydrogens is 483 g/mol. The summed E-state index contributed by atoms with van der Waals surface area (Å²) in [5.41, 5.74) is 2.77. The molecule has 0 amide bonds. The fourth-order valence-corrected chi connectivity index (χ4v) is 15.5. The van der Waals surface area contributed by atoms with Gasteiger partial charge in [0.2, 0.25) is 0 Å². The van der Waals surface area contributed by atoms with Crippen molar-refractivity contribution in [2.24, 2.45) is 5.92 Å².